The van der Waals surface area contributed by atoms with Gasteiger partial charge in [0.2, 0.25) is 0 Å². The molecule has 90 valence electrons. The summed E-state index contributed by atoms with van der Waals surface area (Å²) in [7, 11) is 0. The SMILES string of the molecule is CCCC(C)Nc1ccc(-c2nccs2)cc1. The number of nitrogens with zero attached hydrogens (tertiary/aromatic N) is 1. The van der Waals surface area contributed by atoms with E-state index in [0.717, 1.165) is 5.01 Å². The van der Waals surface area contributed by atoms with Crippen molar-refractivity contribution in [3.05, 3.63) is 35.8 Å². The molecule has 0 aliphatic carbocycles. The van der Waals surface area contributed by atoms with E-state index in [0.29, 0.717) is 6.04 Å². The molecular formula is C14H18N2S. The molecule has 0 fully saturated rings. The van der Waals surface area contributed by atoms with Crippen molar-refractivity contribution >= 4 is 17.0 Å². The summed E-state index contributed by atoms with van der Waals surface area (Å²) in [5, 5.41) is 6.58. The second-order valence-electron chi connectivity index (χ2n) is 4.25. The fourth-order valence-corrected chi connectivity index (χ4v) is 2.51. The molecule has 1 atom stereocenters. The van der Waals surface area contributed by atoms with Gasteiger partial charge in [0, 0.05) is 28.9 Å². The molecule has 0 radical (unpaired) electrons. The van der Waals surface area contributed by atoms with Gasteiger partial charge in [-0.25, -0.2) is 4.98 Å². The molecule has 0 amide bonds. The van der Waals surface area contributed by atoms with Crippen LogP contribution in [-0.4, -0.2) is 11.0 Å². The molecule has 2 rings (SSSR count). The molecular weight excluding hydrogens is 228 g/mol. The molecule has 0 saturated carbocycles. The summed E-state index contributed by atoms with van der Waals surface area (Å²) in [4.78, 5) is 4.30. The molecule has 3 heteroatoms. The van der Waals surface area contributed by atoms with Crippen LogP contribution in [0.1, 0.15) is 26.7 Å². The third kappa shape index (κ3) is 3.30. The number of hydrogen-bond donors (Lipinski definition) is 1. The number of anilines is 1. The molecule has 1 heterocycles. The van der Waals surface area contributed by atoms with Crippen molar-refractivity contribution in [2.45, 2.75) is 32.7 Å². The van der Waals surface area contributed by atoms with E-state index in [4.69, 9.17) is 0 Å². The van der Waals surface area contributed by atoms with E-state index >= 15 is 0 Å². The minimum Gasteiger partial charge on any atom is -0.383 e. The Morgan fingerprint density at radius 1 is 1.29 bits per heavy atom. The van der Waals surface area contributed by atoms with E-state index in [1.165, 1.54) is 24.1 Å². The Balaban J connectivity index is 2.03. The topological polar surface area (TPSA) is 24.9 Å². The smallest absolute Gasteiger partial charge is 0.123 e. The zero-order valence-electron chi connectivity index (χ0n) is 10.3. The lowest BCUT2D eigenvalue weighted by Crippen LogP contribution is -2.14. The first-order chi connectivity index (χ1) is 8.29. The van der Waals surface area contributed by atoms with Crippen LogP contribution in [-0.2, 0) is 0 Å². The Kier molecular flexibility index (Phi) is 4.15. The van der Waals surface area contributed by atoms with Gasteiger partial charge in [0.05, 0.1) is 0 Å². The minimum absolute atomic E-state index is 0.533. The maximum Gasteiger partial charge on any atom is 0.123 e. The summed E-state index contributed by atoms with van der Waals surface area (Å²) in [6.45, 7) is 4.43. The summed E-state index contributed by atoms with van der Waals surface area (Å²) >= 11 is 1.67. The number of rotatable bonds is 5. The number of thiazole rings is 1. The summed E-state index contributed by atoms with van der Waals surface area (Å²) in [6.07, 6.45) is 4.26. The summed E-state index contributed by atoms with van der Waals surface area (Å²) < 4.78 is 0. The first kappa shape index (κ1) is 12.1. The van der Waals surface area contributed by atoms with E-state index in [-0.39, 0.29) is 0 Å². The third-order valence-corrected chi connectivity index (χ3v) is 3.52. The molecule has 2 aromatic rings. The lowest BCUT2D eigenvalue weighted by atomic mass is 10.1. The van der Waals surface area contributed by atoms with Crippen LogP contribution >= 0.6 is 11.3 Å². The normalized spacial score (nSPS) is 12.4. The highest BCUT2D eigenvalue weighted by molar-refractivity contribution is 7.13. The molecule has 1 N–H and O–H groups in total. The van der Waals surface area contributed by atoms with E-state index in [1.54, 1.807) is 11.3 Å². The van der Waals surface area contributed by atoms with E-state index in [9.17, 15) is 0 Å². The monoisotopic (exact) mass is 246 g/mol. The van der Waals surface area contributed by atoms with Crippen molar-refractivity contribution in [1.82, 2.24) is 4.98 Å². The minimum atomic E-state index is 0.533. The molecule has 2 nitrogen and oxygen atoms in total. The van der Waals surface area contributed by atoms with Gasteiger partial charge < -0.3 is 5.32 Å². The fraction of sp³-hybridized carbons (Fsp3) is 0.357. The molecule has 0 aliphatic rings. The van der Waals surface area contributed by atoms with Crippen molar-refractivity contribution in [3.8, 4) is 10.6 Å². The van der Waals surface area contributed by atoms with Gasteiger partial charge >= 0.3 is 0 Å². The zero-order chi connectivity index (χ0) is 12.1. The predicted octanol–water partition coefficient (Wildman–Crippen LogP) is 4.41. The number of hydrogen-bond acceptors (Lipinski definition) is 3. The molecule has 1 aromatic heterocycles. The highest BCUT2D eigenvalue weighted by atomic mass is 32.1. The van der Waals surface area contributed by atoms with Crippen molar-refractivity contribution in [2.24, 2.45) is 0 Å². The van der Waals surface area contributed by atoms with Crippen molar-refractivity contribution in [2.75, 3.05) is 5.32 Å². The van der Waals surface area contributed by atoms with Crippen LogP contribution in [0.2, 0.25) is 0 Å². The van der Waals surface area contributed by atoms with Crippen LogP contribution in [0.4, 0.5) is 5.69 Å². The van der Waals surface area contributed by atoms with E-state index < -0.39 is 0 Å². The van der Waals surface area contributed by atoms with Crippen LogP contribution in [0.15, 0.2) is 35.8 Å². The highest BCUT2D eigenvalue weighted by Crippen LogP contribution is 2.23. The fourth-order valence-electron chi connectivity index (χ4n) is 1.86. The van der Waals surface area contributed by atoms with Crippen LogP contribution < -0.4 is 5.32 Å². The van der Waals surface area contributed by atoms with Crippen LogP contribution in [0.25, 0.3) is 10.6 Å². The highest BCUT2D eigenvalue weighted by Gasteiger charge is 2.02. The lowest BCUT2D eigenvalue weighted by molar-refractivity contribution is 0.690. The lowest BCUT2D eigenvalue weighted by Gasteiger charge is -2.14. The average molecular weight is 246 g/mol. The first-order valence-corrected chi connectivity index (χ1v) is 6.94. The Labute approximate surface area is 107 Å². The van der Waals surface area contributed by atoms with E-state index in [2.05, 4.69) is 48.4 Å². The second-order valence-corrected chi connectivity index (χ2v) is 5.14. The Hall–Kier alpha value is -1.35. The molecule has 1 unspecified atom stereocenters. The van der Waals surface area contributed by atoms with Crippen molar-refractivity contribution in [1.29, 1.82) is 0 Å². The van der Waals surface area contributed by atoms with Gasteiger partial charge in [0.15, 0.2) is 0 Å². The van der Waals surface area contributed by atoms with Gasteiger partial charge in [-0.3, -0.25) is 0 Å². The van der Waals surface area contributed by atoms with Crippen LogP contribution in [0.5, 0.6) is 0 Å². The van der Waals surface area contributed by atoms with Gasteiger partial charge in [0.25, 0.3) is 0 Å². The molecule has 0 aliphatic heterocycles. The number of benzene rings is 1. The second kappa shape index (κ2) is 5.82. The Morgan fingerprint density at radius 3 is 2.65 bits per heavy atom. The Morgan fingerprint density at radius 2 is 2.06 bits per heavy atom. The van der Waals surface area contributed by atoms with E-state index in [1.807, 2.05) is 11.6 Å². The maximum absolute atomic E-state index is 4.30. The molecule has 0 saturated heterocycles. The number of nitrogens with one attached hydrogen (secondary N) is 1. The molecule has 1 aromatic carbocycles. The van der Waals surface area contributed by atoms with Gasteiger partial charge in [-0.15, -0.1) is 11.3 Å². The van der Waals surface area contributed by atoms with Gasteiger partial charge in [0.1, 0.15) is 5.01 Å². The zero-order valence-corrected chi connectivity index (χ0v) is 11.1. The summed E-state index contributed by atoms with van der Waals surface area (Å²) in [5.74, 6) is 0. The van der Waals surface area contributed by atoms with Crippen molar-refractivity contribution in [3.63, 3.8) is 0 Å². The van der Waals surface area contributed by atoms with Crippen LogP contribution in [0.3, 0.4) is 0 Å². The summed E-state index contributed by atoms with van der Waals surface area (Å²) in [6, 6.07) is 9.04. The van der Waals surface area contributed by atoms with Gasteiger partial charge in [-0.05, 0) is 37.6 Å². The quantitative estimate of drug-likeness (QED) is 0.845. The van der Waals surface area contributed by atoms with Gasteiger partial charge in [-0.1, -0.05) is 13.3 Å². The molecule has 0 spiro atoms. The third-order valence-electron chi connectivity index (χ3n) is 2.70. The Bertz CT molecular complexity index is 434. The summed E-state index contributed by atoms with van der Waals surface area (Å²) in [5.41, 5.74) is 2.37. The van der Waals surface area contributed by atoms with Crippen LogP contribution in [0, 0.1) is 0 Å². The van der Waals surface area contributed by atoms with Gasteiger partial charge in [-0.2, -0.15) is 0 Å². The maximum atomic E-state index is 4.30. The molecule has 0 bridgehead atoms. The average Bonchev–Trinajstić information content (AvgIpc) is 2.84. The largest absolute Gasteiger partial charge is 0.383 e. The standard InChI is InChI=1S/C14H18N2S/c1-3-4-11(2)16-13-7-5-12(6-8-13)14-15-9-10-17-14/h5-11,16H,3-4H2,1-2H3. The van der Waals surface area contributed by atoms with Crippen molar-refractivity contribution < 1.29 is 0 Å². The number of aromatic nitrogens is 1. The molecule has 17 heavy (non-hydrogen) atoms. The first-order valence-electron chi connectivity index (χ1n) is 6.06. The predicted molar refractivity (Wildman–Crippen MR) is 75.5 cm³/mol.